The predicted octanol–water partition coefficient (Wildman–Crippen LogP) is 6.96. The minimum absolute atomic E-state index is 0.168. The molecule has 138 valence electrons. The van der Waals surface area contributed by atoms with Crippen LogP contribution in [0.4, 0.5) is 0 Å². The molecule has 4 heteroatoms. The van der Waals surface area contributed by atoms with Gasteiger partial charge in [0.05, 0.1) is 5.02 Å². The second kappa shape index (κ2) is 11.5. The third-order valence-corrected chi connectivity index (χ3v) is 4.57. The number of hydrogen-bond acceptors (Lipinski definition) is 2. The smallest absolute Gasteiger partial charge is 0.134 e. The van der Waals surface area contributed by atoms with E-state index >= 15 is 0 Å². The number of rotatable bonds is 1. The second-order valence-corrected chi connectivity index (χ2v) is 6.41. The van der Waals surface area contributed by atoms with E-state index in [0.717, 1.165) is 17.5 Å². The van der Waals surface area contributed by atoms with E-state index in [2.05, 4.69) is 6.92 Å². The molecule has 0 unspecified atom stereocenters. The highest BCUT2D eigenvalue weighted by Crippen LogP contribution is 2.28. The monoisotopic (exact) mass is 390 g/mol. The molecule has 0 spiro atoms. The summed E-state index contributed by atoms with van der Waals surface area (Å²) in [5.41, 5.74) is 3.07. The van der Waals surface area contributed by atoms with E-state index in [4.69, 9.17) is 28.3 Å². The number of aryl methyl sites for hydroxylation is 2. The van der Waals surface area contributed by atoms with Gasteiger partial charge in [0.1, 0.15) is 11.5 Å². The number of halogens is 2. The summed E-state index contributed by atoms with van der Waals surface area (Å²) in [6.07, 6.45) is 0.950. The minimum atomic E-state index is 0.168. The Labute approximate surface area is 165 Å². The van der Waals surface area contributed by atoms with Crippen LogP contribution in [-0.4, -0.2) is 10.2 Å². The zero-order valence-electron chi connectivity index (χ0n) is 15.2. The van der Waals surface area contributed by atoms with Crippen molar-refractivity contribution in [3.63, 3.8) is 0 Å². The molecule has 3 aromatic rings. The molecule has 0 bridgehead atoms. The largest absolute Gasteiger partial charge is 0.508 e. The third kappa shape index (κ3) is 7.38. The third-order valence-electron chi connectivity index (χ3n) is 3.67. The highest BCUT2D eigenvalue weighted by atomic mass is 35.5. The topological polar surface area (TPSA) is 40.5 Å². The molecule has 3 aromatic carbocycles. The van der Waals surface area contributed by atoms with Gasteiger partial charge in [0.25, 0.3) is 0 Å². The van der Waals surface area contributed by atoms with Gasteiger partial charge in [-0.1, -0.05) is 72.6 Å². The zero-order chi connectivity index (χ0) is 19.5. The quantitative estimate of drug-likeness (QED) is 0.471. The minimum Gasteiger partial charge on any atom is -0.508 e. The van der Waals surface area contributed by atoms with Gasteiger partial charge in [-0.05, 0) is 61.2 Å². The Hall–Kier alpha value is -2.16. The Morgan fingerprint density at radius 3 is 1.77 bits per heavy atom. The van der Waals surface area contributed by atoms with Crippen molar-refractivity contribution in [2.24, 2.45) is 0 Å². The fraction of sp³-hybridized carbons (Fsp3) is 0.182. The maximum absolute atomic E-state index is 9.19. The second-order valence-electron chi connectivity index (χ2n) is 5.62. The Balaban J connectivity index is 0.000000203. The average Bonchev–Trinajstić information content (AvgIpc) is 2.66. The molecule has 0 saturated carbocycles. The maximum atomic E-state index is 9.19. The molecule has 0 radical (unpaired) electrons. The van der Waals surface area contributed by atoms with Gasteiger partial charge in [0.15, 0.2) is 0 Å². The molecule has 2 N–H and O–H groups in total. The molecular formula is C22H24Cl2O2. The fourth-order valence-electron chi connectivity index (χ4n) is 2.11. The van der Waals surface area contributed by atoms with E-state index < -0.39 is 0 Å². The highest BCUT2D eigenvalue weighted by Gasteiger charge is 2.04. The standard InChI is InChI=1S/C9H11ClO.C7H7ClO.C6H6/c1-3-7-4-5-8(11)9(10)6(7)2;1-5-4-6(9)2-3-7(5)8;1-2-4-6-5-3-1/h4-5,11H,3H2,1-2H3;2-4,9H,1H3;1-6H. The van der Waals surface area contributed by atoms with Crippen molar-refractivity contribution in [3.8, 4) is 11.5 Å². The number of phenolic OH excluding ortho intramolecular Hbond substituents is 2. The fourth-order valence-corrected chi connectivity index (χ4v) is 2.41. The van der Waals surface area contributed by atoms with Crippen molar-refractivity contribution >= 4 is 23.2 Å². The first-order chi connectivity index (χ1) is 12.4. The van der Waals surface area contributed by atoms with E-state index in [1.54, 1.807) is 24.3 Å². The van der Waals surface area contributed by atoms with Crippen molar-refractivity contribution < 1.29 is 10.2 Å². The van der Waals surface area contributed by atoms with Crippen LogP contribution in [0.25, 0.3) is 0 Å². The van der Waals surface area contributed by atoms with Gasteiger partial charge in [-0.3, -0.25) is 0 Å². The van der Waals surface area contributed by atoms with Crippen LogP contribution in [-0.2, 0) is 6.42 Å². The lowest BCUT2D eigenvalue weighted by Gasteiger charge is -2.05. The molecule has 0 aromatic heterocycles. The van der Waals surface area contributed by atoms with E-state index in [-0.39, 0.29) is 11.5 Å². The van der Waals surface area contributed by atoms with Crippen LogP contribution < -0.4 is 0 Å². The molecule has 0 aliphatic rings. The normalized spacial score (nSPS) is 9.42. The number of phenols is 2. The van der Waals surface area contributed by atoms with E-state index in [0.29, 0.717) is 10.0 Å². The summed E-state index contributed by atoms with van der Waals surface area (Å²) >= 11 is 11.5. The molecule has 0 atom stereocenters. The Morgan fingerprint density at radius 1 is 0.808 bits per heavy atom. The maximum Gasteiger partial charge on any atom is 0.134 e. The van der Waals surface area contributed by atoms with Crippen molar-refractivity contribution in [2.45, 2.75) is 27.2 Å². The van der Waals surface area contributed by atoms with Crippen molar-refractivity contribution in [1.82, 2.24) is 0 Å². The molecule has 0 aliphatic heterocycles. The van der Waals surface area contributed by atoms with Gasteiger partial charge >= 0.3 is 0 Å². The summed E-state index contributed by atoms with van der Waals surface area (Å²) in [7, 11) is 0. The van der Waals surface area contributed by atoms with E-state index in [1.165, 1.54) is 5.56 Å². The molecule has 0 amide bonds. The van der Waals surface area contributed by atoms with Gasteiger partial charge in [-0.15, -0.1) is 0 Å². The summed E-state index contributed by atoms with van der Waals surface area (Å²) in [5, 5.41) is 19.2. The van der Waals surface area contributed by atoms with Gasteiger partial charge in [-0.25, -0.2) is 0 Å². The molecule has 0 saturated heterocycles. The van der Waals surface area contributed by atoms with Crippen molar-refractivity contribution in [2.75, 3.05) is 0 Å². The van der Waals surface area contributed by atoms with Gasteiger partial charge in [0, 0.05) is 5.02 Å². The van der Waals surface area contributed by atoms with Gasteiger partial charge < -0.3 is 10.2 Å². The van der Waals surface area contributed by atoms with Crippen LogP contribution >= 0.6 is 23.2 Å². The van der Waals surface area contributed by atoms with Crippen molar-refractivity contribution in [3.05, 3.63) is 93.5 Å². The molecule has 0 aliphatic carbocycles. The number of aromatic hydroxyl groups is 2. The van der Waals surface area contributed by atoms with Crippen molar-refractivity contribution in [1.29, 1.82) is 0 Å². The zero-order valence-corrected chi connectivity index (χ0v) is 16.7. The van der Waals surface area contributed by atoms with Crippen LogP contribution in [0.3, 0.4) is 0 Å². The summed E-state index contributed by atoms with van der Waals surface area (Å²) in [6.45, 7) is 5.83. The first-order valence-corrected chi connectivity index (χ1v) is 9.04. The van der Waals surface area contributed by atoms with Gasteiger partial charge in [0.2, 0.25) is 0 Å². The number of benzene rings is 3. The predicted molar refractivity (Wildman–Crippen MR) is 112 cm³/mol. The Morgan fingerprint density at radius 2 is 1.35 bits per heavy atom. The first-order valence-electron chi connectivity index (χ1n) is 8.28. The molecule has 0 fully saturated rings. The number of hydrogen-bond donors (Lipinski definition) is 2. The molecule has 26 heavy (non-hydrogen) atoms. The van der Waals surface area contributed by atoms with E-state index in [1.807, 2.05) is 56.3 Å². The van der Waals surface area contributed by atoms with Crippen LogP contribution in [0.5, 0.6) is 11.5 Å². The summed E-state index contributed by atoms with van der Waals surface area (Å²) in [5.74, 6) is 0.429. The highest BCUT2D eigenvalue weighted by molar-refractivity contribution is 6.32. The molecule has 0 heterocycles. The summed E-state index contributed by atoms with van der Waals surface area (Å²) in [6, 6.07) is 20.4. The first kappa shape index (κ1) is 21.9. The average molecular weight is 391 g/mol. The lowest BCUT2D eigenvalue weighted by Crippen LogP contribution is -1.86. The van der Waals surface area contributed by atoms with E-state index in [9.17, 15) is 5.11 Å². The van der Waals surface area contributed by atoms with Crippen LogP contribution in [0, 0.1) is 13.8 Å². The molecule has 2 nitrogen and oxygen atoms in total. The Bertz CT molecular complexity index is 776. The molecular weight excluding hydrogens is 367 g/mol. The van der Waals surface area contributed by atoms with Crippen LogP contribution in [0.1, 0.15) is 23.6 Å². The lowest BCUT2D eigenvalue weighted by atomic mass is 10.1. The summed E-state index contributed by atoms with van der Waals surface area (Å²) in [4.78, 5) is 0. The molecule has 3 rings (SSSR count). The summed E-state index contributed by atoms with van der Waals surface area (Å²) < 4.78 is 0. The van der Waals surface area contributed by atoms with Crippen LogP contribution in [0.15, 0.2) is 66.7 Å². The Kier molecular flexibility index (Phi) is 9.64. The van der Waals surface area contributed by atoms with Crippen LogP contribution in [0.2, 0.25) is 10.0 Å². The SMILES string of the molecule is CCc1ccc(O)c(Cl)c1C.Cc1cc(O)ccc1Cl.c1ccccc1. The lowest BCUT2D eigenvalue weighted by molar-refractivity contribution is 0.474. The van der Waals surface area contributed by atoms with Gasteiger partial charge in [-0.2, -0.15) is 0 Å².